The van der Waals surface area contributed by atoms with E-state index >= 15 is 0 Å². The van der Waals surface area contributed by atoms with E-state index in [0.717, 1.165) is 17.1 Å². The van der Waals surface area contributed by atoms with Crippen molar-refractivity contribution in [3.05, 3.63) is 23.9 Å². The van der Waals surface area contributed by atoms with Crippen molar-refractivity contribution in [3.8, 4) is 0 Å². The van der Waals surface area contributed by atoms with E-state index in [-0.39, 0.29) is 0 Å². The lowest BCUT2D eigenvalue weighted by molar-refractivity contribution is 1.04. The zero-order valence-corrected chi connectivity index (χ0v) is 5.74. The van der Waals surface area contributed by atoms with Crippen LogP contribution >= 0.6 is 12.2 Å². The second-order valence-electron chi connectivity index (χ2n) is 1.73. The first-order valence-corrected chi connectivity index (χ1v) is 3.12. The summed E-state index contributed by atoms with van der Waals surface area (Å²) in [6.45, 7) is 0.816. The summed E-state index contributed by atoms with van der Waals surface area (Å²) in [6, 6.07) is 0. The highest BCUT2D eigenvalue weighted by molar-refractivity contribution is 7.80. The normalized spacial score (nSPS) is 22.2. The van der Waals surface area contributed by atoms with Gasteiger partial charge in [-0.15, -0.1) is 0 Å². The molecule has 0 saturated heterocycles. The maximum absolute atomic E-state index is 5.25. The second-order valence-corrected chi connectivity index (χ2v) is 2.14. The van der Waals surface area contributed by atoms with E-state index in [0.29, 0.717) is 0 Å². The topological polar surface area (TPSA) is 38.0 Å². The molecular weight excluding hydrogens is 132 g/mol. The Morgan fingerprint density at radius 2 is 2.56 bits per heavy atom. The van der Waals surface area contributed by atoms with Crippen LogP contribution in [-0.4, -0.2) is 11.5 Å². The van der Waals surface area contributed by atoms with Gasteiger partial charge in [0.05, 0.1) is 0 Å². The average molecular weight is 140 g/mol. The minimum absolute atomic E-state index is 0.736. The van der Waals surface area contributed by atoms with E-state index in [1.54, 1.807) is 0 Å². The Bertz CT molecular complexity index is 181. The molecule has 0 bridgehead atoms. The molecule has 0 fully saturated rings. The summed E-state index contributed by atoms with van der Waals surface area (Å²) in [7, 11) is 0. The third kappa shape index (κ3) is 1.29. The molecule has 0 saturated carbocycles. The molecule has 3 heteroatoms. The van der Waals surface area contributed by atoms with Crippen molar-refractivity contribution in [3.63, 3.8) is 0 Å². The van der Waals surface area contributed by atoms with Gasteiger partial charge in [-0.3, -0.25) is 0 Å². The lowest BCUT2D eigenvalue weighted by Crippen LogP contribution is -2.26. The standard InChI is InChI=1S/C6H8N2S/c7-4-5-2-1-3-8-6(5)9/h1-2,4H,3,7H2,(H,8,9). The van der Waals surface area contributed by atoms with Crippen LogP contribution in [0.4, 0.5) is 0 Å². The molecule has 0 spiro atoms. The van der Waals surface area contributed by atoms with Crippen LogP contribution < -0.4 is 11.1 Å². The van der Waals surface area contributed by atoms with Crippen molar-refractivity contribution in [1.82, 2.24) is 5.32 Å². The number of nitrogens with one attached hydrogen (secondary N) is 1. The van der Waals surface area contributed by atoms with Crippen LogP contribution in [0.25, 0.3) is 0 Å². The number of nitrogens with two attached hydrogens (primary N) is 1. The van der Waals surface area contributed by atoms with Crippen LogP contribution in [0.1, 0.15) is 0 Å². The summed E-state index contributed by atoms with van der Waals surface area (Å²) in [5.74, 6) is 0. The first-order chi connectivity index (χ1) is 4.34. The fourth-order valence-corrected chi connectivity index (χ4v) is 0.866. The quantitative estimate of drug-likeness (QED) is 0.376. The summed E-state index contributed by atoms with van der Waals surface area (Å²) >= 11 is 4.92. The second kappa shape index (κ2) is 2.64. The molecular formula is C6H8N2S. The van der Waals surface area contributed by atoms with Crippen molar-refractivity contribution in [1.29, 1.82) is 0 Å². The van der Waals surface area contributed by atoms with Gasteiger partial charge in [0.1, 0.15) is 4.99 Å². The van der Waals surface area contributed by atoms with Crippen LogP contribution in [0.5, 0.6) is 0 Å². The molecule has 0 aromatic rings. The fraction of sp³-hybridized carbons (Fsp3) is 0.167. The molecule has 9 heavy (non-hydrogen) atoms. The minimum Gasteiger partial charge on any atom is -0.404 e. The van der Waals surface area contributed by atoms with E-state index in [1.165, 1.54) is 6.20 Å². The smallest absolute Gasteiger partial charge is 0.108 e. The Labute approximate surface area is 59.4 Å². The minimum atomic E-state index is 0.736. The van der Waals surface area contributed by atoms with Crippen LogP contribution in [0, 0.1) is 0 Å². The molecule has 1 aliphatic rings. The molecule has 2 nitrogen and oxygen atoms in total. The molecule has 0 aromatic carbocycles. The molecule has 0 atom stereocenters. The number of hydrogen-bond donors (Lipinski definition) is 2. The third-order valence-electron chi connectivity index (χ3n) is 1.12. The third-order valence-corrected chi connectivity index (χ3v) is 1.50. The first-order valence-electron chi connectivity index (χ1n) is 2.71. The summed E-state index contributed by atoms with van der Waals surface area (Å²) < 4.78 is 0. The molecule has 1 rings (SSSR count). The highest BCUT2D eigenvalue weighted by Crippen LogP contribution is 2.00. The predicted octanol–water partition coefficient (Wildman–Crippen LogP) is 0.316. The van der Waals surface area contributed by atoms with Gasteiger partial charge < -0.3 is 11.1 Å². The van der Waals surface area contributed by atoms with E-state index in [2.05, 4.69) is 5.32 Å². The molecule has 0 amide bonds. The zero-order valence-electron chi connectivity index (χ0n) is 4.92. The van der Waals surface area contributed by atoms with Crippen LogP contribution in [0.3, 0.4) is 0 Å². The van der Waals surface area contributed by atoms with Crippen molar-refractivity contribution >= 4 is 17.2 Å². The van der Waals surface area contributed by atoms with Crippen LogP contribution in [-0.2, 0) is 0 Å². The van der Waals surface area contributed by atoms with Gasteiger partial charge >= 0.3 is 0 Å². The fourth-order valence-electron chi connectivity index (χ4n) is 0.647. The lowest BCUT2D eigenvalue weighted by atomic mass is 10.2. The Hall–Kier alpha value is -0.830. The average Bonchev–Trinajstić information content (AvgIpc) is 1.89. The van der Waals surface area contributed by atoms with E-state index in [9.17, 15) is 0 Å². The Balaban J connectivity index is 2.81. The molecule has 0 unspecified atom stereocenters. The molecule has 0 aromatic heterocycles. The van der Waals surface area contributed by atoms with Gasteiger partial charge in [0.25, 0.3) is 0 Å². The Morgan fingerprint density at radius 1 is 1.78 bits per heavy atom. The zero-order chi connectivity index (χ0) is 6.69. The van der Waals surface area contributed by atoms with E-state index < -0.39 is 0 Å². The Morgan fingerprint density at radius 3 is 3.00 bits per heavy atom. The molecule has 48 valence electrons. The maximum atomic E-state index is 5.25. The monoisotopic (exact) mass is 140 g/mol. The molecule has 0 aliphatic carbocycles. The molecule has 0 radical (unpaired) electrons. The summed E-state index contributed by atoms with van der Waals surface area (Å²) in [5.41, 5.74) is 6.15. The Kier molecular flexibility index (Phi) is 1.85. The van der Waals surface area contributed by atoms with Gasteiger partial charge in [0, 0.05) is 18.3 Å². The van der Waals surface area contributed by atoms with Crippen LogP contribution in [0.15, 0.2) is 23.9 Å². The predicted molar refractivity (Wildman–Crippen MR) is 42.0 cm³/mol. The highest BCUT2D eigenvalue weighted by Gasteiger charge is 2.01. The van der Waals surface area contributed by atoms with Crippen molar-refractivity contribution in [2.24, 2.45) is 5.73 Å². The molecule has 3 N–H and O–H groups in total. The van der Waals surface area contributed by atoms with Crippen molar-refractivity contribution in [2.75, 3.05) is 6.54 Å². The van der Waals surface area contributed by atoms with E-state index in [1.807, 2.05) is 12.2 Å². The lowest BCUT2D eigenvalue weighted by Gasteiger charge is -2.09. The van der Waals surface area contributed by atoms with Crippen LogP contribution in [0.2, 0.25) is 0 Å². The number of hydrogen-bond acceptors (Lipinski definition) is 2. The van der Waals surface area contributed by atoms with Gasteiger partial charge in [-0.25, -0.2) is 0 Å². The van der Waals surface area contributed by atoms with Crippen molar-refractivity contribution < 1.29 is 0 Å². The summed E-state index contributed by atoms with van der Waals surface area (Å²) in [4.78, 5) is 0.736. The van der Waals surface area contributed by atoms with Gasteiger partial charge in [-0.1, -0.05) is 24.4 Å². The van der Waals surface area contributed by atoms with Gasteiger partial charge in [-0.05, 0) is 0 Å². The highest BCUT2D eigenvalue weighted by atomic mass is 32.1. The maximum Gasteiger partial charge on any atom is 0.108 e. The summed E-state index contributed by atoms with van der Waals surface area (Å²) in [6.07, 6.45) is 5.40. The van der Waals surface area contributed by atoms with Gasteiger partial charge in [-0.2, -0.15) is 0 Å². The molecule has 1 aliphatic heterocycles. The largest absolute Gasteiger partial charge is 0.404 e. The van der Waals surface area contributed by atoms with Crippen molar-refractivity contribution in [2.45, 2.75) is 0 Å². The molecule has 1 heterocycles. The number of rotatable bonds is 0. The number of thiocarbonyl (C=S) groups is 1. The first kappa shape index (κ1) is 6.29. The van der Waals surface area contributed by atoms with Gasteiger partial charge in [0.15, 0.2) is 0 Å². The SMILES string of the molecule is NC=C1C=CCNC1=S. The summed E-state index contributed by atoms with van der Waals surface area (Å²) in [5, 5.41) is 2.98. The van der Waals surface area contributed by atoms with E-state index in [4.69, 9.17) is 18.0 Å². The van der Waals surface area contributed by atoms with Gasteiger partial charge in [0.2, 0.25) is 0 Å².